The number of carbonyl (C=O) groups excluding carboxylic acids is 3. The molecular formula is C6H4F2O9S. The van der Waals surface area contributed by atoms with E-state index in [9.17, 15) is 31.6 Å². The van der Waals surface area contributed by atoms with Crippen LogP contribution in [-0.2, 0) is 34.0 Å². The molecule has 1 aliphatic heterocycles. The van der Waals surface area contributed by atoms with Crippen LogP contribution in [0.2, 0.25) is 0 Å². The van der Waals surface area contributed by atoms with Crippen LogP contribution in [-0.4, -0.2) is 53.4 Å². The zero-order valence-electron chi connectivity index (χ0n) is 8.07. The molecule has 0 amide bonds. The highest BCUT2D eigenvalue weighted by atomic mass is 32.2. The van der Waals surface area contributed by atoms with E-state index in [2.05, 4.69) is 9.47 Å². The lowest BCUT2D eigenvalue weighted by atomic mass is 10.2. The fourth-order valence-corrected chi connectivity index (χ4v) is 1.13. The largest absolute Gasteiger partial charge is 0.465 e. The van der Waals surface area contributed by atoms with Crippen LogP contribution >= 0.6 is 0 Å². The van der Waals surface area contributed by atoms with Crippen molar-refractivity contribution in [3.63, 3.8) is 0 Å². The molecule has 18 heavy (non-hydrogen) atoms. The molecule has 1 rings (SSSR count). The van der Waals surface area contributed by atoms with Gasteiger partial charge in [-0.3, -0.25) is 4.55 Å². The average molecular weight is 290 g/mol. The lowest BCUT2D eigenvalue weighted by Crippen LogP contribution is -2.44. The summed E-state index contributed by atoms with van der Waals surface area (Å²) in [4.78, 5) is 32.1. The molecule has 0 aliphatic carbocycles. The van der Waals surface area contributed by atoms with Crippen LogP contribution in [0.1, 0.15) is 0 Å². The zero-order valence-corrected chi connectivity index (χ0v) is 8.89. The van der Waals surface area contributed by atoms with Crippen LogP contribution in [0.4, 0.5) is 8.78 Å². The van der Waals surface area contributed by atoms with E-state index in [1.807, 2.05) is 0 Å². The molecule has 2 N–H and O–H groups in total. The number of hydrogen-bond donors (Lipinski definition) is 2. The third-order valence-electron chi connectivity index (χ3n) is 1.76. The molecule has 0 spiro atoms. The first-order valence-electron chi connectivity index (χ1n) is 3.98. The number of esters is 3. The molecule has 0 bridgehead atoms. The van der Waals surface area contributed by atoms with E-state index >= 15 is 0 Å². The number of carbonyl (C=O) groups is 3. The highest BCUT2D eigenvalue weighted by Crippen LogP contribution is 2.24. The molecule has 0 aromatic heterocycles. The summed E-state index contributed by atoms with van der Waals surface area (Å²) in [6, 6.07) is 0. The molecule has 102 valence electrons. The Morgan fingerprint density at radius 3 is 2.17 bits per heavy atom. The molecule has 0 aromatic carbocycles. The van der Waals surface area contributed by atoms with Crippen LogP contribution < -0.4 is 0 Å². The number of aliphatic hydroxyl groups excluding tert-OH is 1. The fraction of sp³-hybridized carbons (Fsp3) is 0.500. The highest BCUT2D eigenvalue weighted by molar-refractivity contribution is 7.87. The summed E-state index contributed by atoms with van der Waals surface area (Å²) in [7, 11) is -6.12. The Balaban J connectivity index is 2.90. The van der Waals surface area contributed by atoms with Gasteiger partial charge in [0.05, 0.1) is 0 Å². The van der Waals surface area contributed by atoms with E-state index in [4.69, 9.17) is 9.66 Å². The molecule has 0 saturated carbocycles. The van der Waals surface area contributed by atoms with Gasteiger partial charge in [0.25, 0.3) is 0 Å². The number of aliphatic hydroxyl groups is 1. The minimum atomic E-state index is -6.12. The molecule has 1 heterocycles. The van der Waals surface area contributed by atoms with E-state index < -0.39 is 45.5 Å². The number of alkyl halides is 2. The Morgan fingerprint density at radius 1 is 1.33 bits per heavy atom. The molecule has 0 aromatic rings. The summed E-state index contributed by atoms with van der Waals surface area (Å²) in [5.74, 6) is -6.03. The van der Waals surface area contributed by atoms with E-state index in [0.717, 1.165) is 0 Å². The molecule has 0 radical (unpaired) electrons. The van der Waals surface area contributed by atoms with Gasteiger partial charge in [0, 0.05) is 0 Å². The zero-order chi connectivity index (χ0) is 14.3. The van der Waals surface area contributed by atoms with Gasteiger partial charge in [0.1, 0.15) is 0 Å². The van der Waals surface area contributed by atoms with Crippen molar-refractivity contribution in [2.45, 2.75) is 17.5 Å². The second kappa shape index (κ2) is 4.22. The maximum Gasteiger partial charge on any atom is 0.465 e. The molecule has 9 nitrogen and oxygen atoms in total. The number of hydrogen-bond acceptors (Lipinski definition) is 8. The first kappa shape index (κ1) is 14.4. The number of rotatable bonds is 3. The molecule has 2 unspecified atom stereocenters. The van der Waals surface area contributed by atoms with Gasteiger partial charge >= 0.3 is 33.3 Å². The summed E-state index contributed by atoms with van der Waals surface area (Å²) >= 11 is 0. The van der Waals surface area contributed by atoms with Crippen LogP contribution in [0.15, 0.2) is 0 Å². The highest BCUT2D eigenvalue weighted by Gasteiger charge is 2.57. The predicted octanol–water partition coefficient (Wildman–Crippen LogP) is -2.18. The molecule has 1 saturated heterocycles. The van der Waals surface area contributed by atoms with Crippen molar-refractivity contribution in [2.24, 2.45) is 0 Å². The summed E-state index contributed by atoms with van der Waals surface area (Å²) < 4.78 is 61.1. The first-order chi connectivity index (χ1) is 7.98. The topological polar surface area (TPSA) is 144 Å². The van der Waals surface area contributed by atoms with Gasteiger partial charge in [-0.1, -0.05) is 0 Å². The minimum absolute atomic E-state index is 1.55. The number of halogens is 2. The maximum absolute atomic E-state index is 12.7. The van der Waals surface area contributed by atoms with Crippen molar-refractivity contribution in [2.75, 3.05) is 0 Å². The third kappa shape index (κ3) is 2.30. The normalized spacial score (nSPS) is 24.9. The molecular weight excluding hydrogens is 286 g/mol. The molecule has 1 aliphatic rings. The Hall–Kier alpha value is -1.66. The van der Waals surface area contributed by atoms with E-state index in [0.29, 0.717) is 0 Å². The minimum Gasteiger partial charge on any atom is -0.441 e. The van der Waals surface area contributed by atoms with Crippen molar-refractivity contribution in [1.82, 2.24) is 0 Å². The second-order valence-corrected chi connectivity index (χ2v) is 4.47. The average Bonchev–Trinajstić information content (AvgIpc) is 2.43. The Kier molecular flexibility index (Phi) is 3.38. The van der Waals surface area contributed by atoms with Crippen LogP contribution in [0.25, 0.3) is 0 Å². The van der Waals surface area contributed by atoms with Crippen LogP contribution in [0.5, 0.6) is 0 Å². The van der Waals surface area contributed by atoms with Gasteiger partial charge in [-0.15, -0.1) is 0 Å². The monoisotopic (exact) mass is 290 g/mol. The number of ether oxygens (including phenoxy) is 2. The second-order valence-electron chi connectivity index (χ2n) is 3.00. The Morgan fingerprint density at radius 2 is 1.83 bits per heavy atom. The van der Waals surface area contributed by atoms with Crippen molar-refractivity contribution < 1.29 is 50.7 Å². The fourth-order valence-electron chi connectivity index (χ4n) is 0.872. The summed E-state index contributed by atoms with van der Waals surface area (Å²) in [6.07, 6.45) is -4.77. The maximum atomic E-state index is 12.7. The molecule has 1 fully saturated rings. The predicted molar refractivity (Wildman–Crippen MR) is 43.5 cm³/mol. The SMILES string of the molecule is O=C1OC(=O)C(OC(=O)C(F)(F)S(=O)(=O)O)C1O. The van der Waals surface area contributed by atoms with Crippen molar-refractivity contribution in [3.05, 3.63) is 0 Å². The quantitative estimate of drug-likeness (QED) is 0.336. The number of cyclic esters (lactones) is 2. The molecule has 12 heteroatoms. The van der Waals surface area contributed by atoms with Crippen molar-refractivity contribution in [1.29, 1.82) is 0 Å². The van der Waals surface area contributed by atoms with Gasteiger partial charge in [0.2, 0.25) is 12.2 Å². The first-order valence-corrected chi connectivity index (χ1v) is 5.42. The van der Waals surface area contributed by atoms with Gasteiger partial charge < -0.3 is 14.6 Å². The van der Waals surface area contributed by atoms with E-state index in [1.54, 1.807) is 0 Å². The van der Waals surface area contributed by atoms with Crippen LogP contribution in [0.3, 0.4) is 0 Å². The molecule has 2 atom stereocenters. The van der Waals surface area contributed by atoms with Crippen LogP contribution in [0, 0.1) is 0 Å². The van der Waals surface area contributed by atoms with Gasteiger partial charge in [-0.05, 0) is 0 Å². The summed E-state index contributed by atoms with van der Waals surface area (Å²) in [5.41, 5.74) is 0. The summed E-state index contributed by atoms with van der Waals surface area (Å²) in [6.45, 7) is 0. The van der Waals surface area contributed by atoms with Gasteiger partial charge in [0.15, 0.2) is 0 Å². The Labute approximate surface area is 97.0 Å². The summed E-state index contributed by atoms with van der Waals surface area (Å²) in [5, 5.41) is 3.57. The standard InChI is InChI=1S/C6H4F2O9S/c7-6(8,18(13,14)15)5(12)16-2-1(9)3(10)17-4(2)11/h1-2,9H,(H,13,14,15). The van der Waals surface area contributed by atoms with Crippen molar-refractivity contribution in [3.8, 4) is 0 Å². The van der Waals surface area contributed by atoms with Gasteiger partial charge in [-0.2, -0.15) is 17.2 Å². The van der Waals surface area contributed by atoms with E-state index in [-0.39, 0.29) is 0 Å². The Bertz CT molecular complexity index is 509. The third-order valence-corrected chi connectivity index (χ3v) is 2.57. The van der Waals surface area contributed by atoms with Crippen molar-refractivity contribution >= 4 is 28.0 Å². The lowest BCUT2D eigenvalue weighted by Gasteiger charge is -2.15. The van der Waals surface area contributed by atoms with Gasteiger partial charge in [-0.25, -0.2) is 14.4 Å². The smallest absolute Gasteiger partial charge is 0.441 e. The lowest BCUT2D eigenvalue weighted by molar-refractivity contribution is -0.175. The van der Waals surface area contributed by atoms with E-state index in [1.165, 1.54) is 0 Å².